The van der Waals surface area contributed by atoms with E-state index in [4.69, 9.17) is 5.26 Å². The maximum atomic E-state index is 12.3. The maximum Gasteiger partial charge on any atom is 0.329 e. The average Bonchev–Trinajstić information content (AvgIpc) is 2.48. The third-order valence-electron chi connectivity index (χ3n) is 3.58. The molecule has 0 unspecified atom stereocenters. The Morgan fingerprint density at radius 2 is 2.10 bits per heavy atom. The maximum absolute atomic E-state index is 12.3. The highest BCUT2D eigenvalue weighted by Crippen LogP contribution is 2.27. The highest BCUT2D eigenvalue weighted by Gasteiger charge is 2.41. The zero-order chi connectivity index (χ0) is 15.3. The second-order valence-electron chi connectivity index (χ2n) is 4.99. The number of nitriles is 1. The van der Waals surface area contributed by atoms with Gasteiger partial charge in [-0.1, -0.05) is 12.1 Å². The third kappa shape index (κ3) is 3.56. The van der Waals surface area contributed by atoms with Crippen LogP contribution >= 0.6 is 11.8 Å². The van der Waals surface area contributed by atoms with E-state index in [9.17, 15) is 14.7 Å². The van der Waals surface area contributed by atoms with E-state index < -0.39 is 17.4 Å². The van der Waals surface area contributed by atoms with E-state index in [1.54, 1.807) is 36.0 Å². The first kappa shape index (κ1) is 15.4. The second-order valence-corrected chi connectivity index (χ2v) is 6.21. The number of benzene rings is 1. The van der Waals surface area contributed by atoms with Gasteiger partial charge in [0.1, 0.15) is 5.54 Å². The van der Waals surface area contributed by atoms with Gasteiger partial charge < -0.3 is 10.4 Å². The summed E-state index contributed by atoms with van der Waals surface area (Å²) in [6, 6.07) is 8.76. The van der Waals surface area contributed by atoms with Crippen molar-refractivity contribution in [2.45, 2.75) is 24.8 Å². The Labute approximate surface area is 127 Å². The molecule has 2 N–H and O–H groups in total. The molecule has 110 valence electrons. The number of nitrogens with zero attached hydrogens (tertiary/aromatic N) is 1. The molecule has 1 aliphatic heterocycles. The van der Waals surface area contributed by atoms with Crippen LogP contribution in [0.3, 0.4) is 0 Å². The number of thioether (sulfide) groups is 1. The van der Waals surface area contributed by atoms with Crippen molar-refractivity contribution in [1.82, 2.24) is 5.32 Å². The van der Waals surface area contributed by atoms with Crippen molar-refractivity contribution in [3.05, 3.63) is 35.4 Å². The number of hydrogen-bond acceptors (Lipinski definition) is 4. The number of carboxylic acids is 1. The number of carbonyl (C=O) groups excluding carboxylic acids is 1. The SMILES string of the molecule is N#CCc1cccc(C(=O)NC2(C(=O)O)CCSCC2)c1. The lowest BCUT2D eigenvalue weighted by Crippen LogP contribution is -2.56. The molecule has 0 aromatic heterocycles. The minimum atomic E-state index is -1.17. The molecule has 0 spiro atoms. The molecule has 0 aliphatic carbocycles. The molecule has 1 aromatic rings. The monoisotopic (exact) mass is 304 g/mol. The Kier molecular flexibility index (Phi) is 4.86. The van der Waals surface area contributed by atoms with Crippen LogP contribution in [0, 0.1) is 11.3 Å². The van der Waals surface area contributed by atoms with Crippen LogP contribution in [0.15, 0.2) is 24.3 Å². The largest absolute Gasteiger partial charge is 0.480 e. The number of rotatable bonds is 4. The lowest BCUT2D eigenvalue weighted by molar-refractivity contribution is -0.144. The quantitative estimate of drug-likeness (QED) is 0.885. The van der Waals surface area contributed by atoms with E-state index in [0.717, 1.165) is 17.1 Å². The number of carboxylic acid groups (broad SMARTS) is 1. The molecule has 0 atom stereocenters. The van der Waals surface area contributed by atoms with Crippen molar-refractivity contribution < 1.29 is 14.7 Å². The van der Waals surface area contributed by atoms with E-state index in [0.29, 0.717) is 18.4 Å². The first-order chi connectivity index (χ1) is 10.1. The summed E-state index contributed by atoms with van der Waals surface area (Å²) in [5, 5.41) is 20.8. The van der Waals surface area contributed by atoms with Gasteiger partial charge in [-0.3, -0.25) is 4.79 Å². The molecule has 1 amide bonds. The van der Waals surface area contributed by atoms with Crippen LogP contribution in [0.5, 0.6) is 0 Å². The molecule has 1 saturated heterocycles. The predicted molar refractivity (Wildman–Crippen MR) is 80.2 cm³/mol. The summed E-state index contributed by atoms with van der Waals surface area (Å²) in [4.78, 5) is 23.9. The number of hydrogen-bond donors (Lipinski definition) is 2. The molecular formula is C15H16N2O3S. The predicted octanol–water partition coefficient (Wildman–Crippen LogP) is 1.83. The van der Waals surface area contributed by atoms with Crippen molar-refractivity contribution in [2.24, 2.45) is 0 Å². The van der Waals surface area contributed by atoms with Crippen molar-refractivity contribution in [3.63, 3.8) is 0 Å². The summed E-state index contributed by atoms with van der Waals surface area (Å²) in [5.74, 6) is 0.0654. The molecule has 1 heterocycles. The van der Waals surface area contributed by atoms with Gasteiger partial charge in [0.05, 0.1) is 12.5 Å². The Bertz CT molecular complexity index is 589. The minimum Gasteiger partial charge on any atom is -0.480 e. The minimum absolute atomic E-state index is 0.224. The number of amides is 1. The number of aliphatic carboxylic acids is 1. The zero-order valence-electron chi connectivity index (χ0n) is 11.5. The topological polar surface area (TPSA) is 90.2 Å². The second kappa shape index (κ2) is 6.64. The van der Waals surface area contributed by atoms with Gasteiger partial charge in [0, 0.05) is 5.56 Å². The summed E-state index contributed by atoms with van der Waals surface area (Å²) < 4.78 is 0. The fourth-order valence-electron chi connectivity index (χ4n) is 2.32. The molecule has 21 heavy (non-hydrogen) atoms. The van der Waals surface area contributed by atoms with Crippen LogP contribution in [0.2, 0.25) is 0 Å². The van der Waals surface area contributed by atoms with Crippen molar-refractivity contribution in [3.8, 4) is 6.07 Å². The van der Waals surface area contributed by atoms with Gasteiger partial charge in [-0.25, -0.2) is 4.79 Å². The van der Waals surface area contributed by atoms with Gasteiger partial charge in [0.25, 0.3) is 5.91 Å². The normalized spacial score (nSPS) is 16.7. The van der Waals surface area contributed by atoms with Crippen LogP contribution in [0.1, 0.15) is 28.8 Å². The van der Waals surface area contributed by atoms with E-state index in [-0.39, 0.29) is 6.42 Å². The lowest BCUT2D eigenvalue weighted by atomic mass is 9.91. The molecule has 6 heteroatoms. The summed E-state index contributed by atoms with van der Waals surface area (Å²) in [5.41, 5.74) is -0.0385. The zero-order valence-corrected chi connectivity index (χ0v) is 12.3. The van der Waals surface area contributed by atoms with Crippen LogP contribution in [0.25, 0.3) is 0 Å². The van der Waals surface area contributed by atoms with Crippen molar-refractivity contribution in [1.29, 1.82) is 5.26 Å². The Morgan fingerprint density at radius 3 is 2.71 bits per heavy atom. The van der Waals surface area contributed by atoms with Gasteiger partial charge in [0.15, 0.2) is 0 Å². The Hall–Kier alpha value is -2.00. The summed E-state index contributed by atoms with van der Waals surface area (Å²) >= 11 is 1.70. The van der Waals surface area contributed by atoms with E-state index in [2.05, 4.69) is 5.32 Å². The Balaban J connectivity index is 2.17. The summed E-state index contributed by atoms with van der Waals surface area (Å²) in [7, 11) is 0. The van der Waals surface area contributed by atoms with Gasteiger partial charge in [-0.15, -0.1) is 0 Å². The first-order valence-corrected chi connectivity index (χ1v) is 7.82. The van der Waals surface area contributed by atoms with Gasteiger partial charge in [0.2, 0.25) is 0 Å². The van der Waals surface area contributed by atoms with Crippen molar-refractivity contribution >= 4 is 23.6 Å². The summed E-state index contributed by atoms with van der Waals surface area (Å²) in [6.45, 7) is 0. The molecule has 2 rings (SSSR count). The Morgan fingerprint density at radius 1 is 1.38 bits per heavy atom. The standard InChI is InChI=1S/C15H16N2O3S/c16-7-4-11-2-1-3-12(10-11)13(18)17-15(14(19)20)5-8-21-9-6-15/h1-3,10H,4-6,8-9H2,(H,17,18)(H,19,20). The number of carbonyl (C=O) groups is 2. The summed E-state index contributed by atoms with van der Waals surface area (Å²) in [6.07, 6.45) is 1.08. The highest BCUT2D eigenvalue weighted by atomic mass is 32.2. The smallest absolute Gasteiger partial charge is 0.329 e. The van der Waals surface area contributed by atoms with E-state index >= 15 is 0 Å². The number of nitrogens with one attached hydrogen (secondary N) is 1. The first-order valence-electron chi connectivity index (χ1n) is 6.67. The van der Waals surface area contributed by atoms with Crippen LogP contribution in [0.4, 0.5) is 0 Å². The van der Waals surface area contributed by atoms with Crippen LogP contribution in [-0.4, -0.2) is 34.0 Å². The van der Waals surface area contributed by atoms with Crippen molar-refractivity contribution in [2.75, 3.05) is 11.5 Å². The average molecular weight is 304 g/mol. The fraction of sp³-hybridized carbons (Fsp3) is 0.400. The molecule has 0 radical (unpaired) electrons. The molecule has 1 fully saturated rings. The van der Waals surface area contributed by atoms with Gasteiger partial charge in [-0.05, 0) is 42.0 Å². The van der Waals surface area contributed by atoms with Crippen LogP contribution in [-0.2, 0) is 11.2 Å². The van der Waals surface area contributed by atoms with E-state index in [1.165, 1.54) is 0 Å². The van der Waals surface area contributed by atoms with Gasteiger partial charge in [-0.2, -0.15) is 17.0 Å². The molecule has 5 nitrogen and oxygen atoms in total. The molecule has 0 saturated carbocycles. The molecule has 1 aliphatic rings. The highest BCUT2D eigenvalue weighted by molar-refractivity contribution is 7.99. The van der Waals surface area contributed by atoms with E-state index in [1.807, 2.05) is 6.07 Å². The van der Waals surface area contributed by atoms with Crippen LogP contribution < -0.4 is 5.32 Å². The fourth-order valence-corrected chi connectivity index (χ4v) is 3.51. The lowest BCUT2D eigenvalue weighted by Gasteiger charge is -2.33. The molecular weight excluding hydrogens is 288 g/mol. The molecule has 1 aromatic carbocycles. The van der Waals surface area contributed by atoms with Gasteiger partial charge >= 0.3 is 5.97 Å². The molecule has 0 bridgehead atoms. The third-order valence-corrected chi connectivity index (χ3v) is 4.57.